The first-order valence-electron chi connectivity index (χ1n) is 32.0. The fourth-order valence-electron chi connectivity index (χ4n) is 16.2. The molecule has 2 nitrogen and oxygen atoms in total. The van der Waals surface area contributed by atoms with Crippen molar-refractivity contribution in [1.29, 1.82) is 0 Å². The van der Waals surface area contributed by atoms with Crippen molar-refractivity contribution >= 4 is 77.2 Å². The smallest absolute Gasteiger partial charge is 0.0714 e. The largest absolute Gasteiger partial charge is 0.310 e. The maximum Gasteiger partial charge on any atom is 0.0714 e. The zero-order chi connectivity index (χ0) is 60.7. The van der Waals surface area contributed by atoms with E-state index in [1.54, 1.807) is 0 Å². The van der Waals surface area contributed by atoms with Crippen LogP contribution in [0.3, 0.4) is 0 Å². The van der Waals surface area contributed by atoms with E-state index in [0.29, 0.717) is 0 Å². The molecule has 2 aliphatic rings. The van der Waals surface area contributed by atoms with Gasteiger partial charge in [0, 0.05) is 38.6 Å². The van der Waals surface area contributed by atoms with Gasteiger partial charge in [-0.3, -0.25) is 0 Å². The molecule has 2 aliphatic carbocycles. The summed E-state index contributed by atoms with van der Waals surface area (Å²) in [4.78, 5) is 5.06. The summed E-state index contributed by atoms with van der Waals surface area (Å²) in [7, 11) is 0. The highest BCUT2D eigenvalue weighted by Gasteiger charge is 2.48. The molecule has 0 atom stereocenters. The van der Waals surface area contributed by atoms with Crippen LogP contribution in [0.5, 0.6) is 0 Å². The monoisotopic (exact) mass is 1170 g/mol. The SMILES string of the molecule is c1ccc(C2(c3ccccc3)c3ccccc3-c3ccc(N(c4ccc(-c5c6ccccc6c(N(c6ccc7c(c6)C(c6ccccc6)(c6ccccc6)c6ccccc6-7)c6cccc7ccccc67)c6ccccc56)cc4)c4cccc5ccccc45)cc32)cc1. The quantitative estimate of drug-likeness (QED) is 0.119. The number of anilines is 6. The van der Waals surface area contributed by atoms with E-state index in [1.165, 1.54) is 105 Å². The normalized spacial score (nSPS) is 13.2. The molecule has 0 heterocycles. The van der Waals surface area contributed by atoms with Gasteiger partial charge in [-0.25, -0.2) is 0 Å². The van der Waals surface area contributed by atoms with Crippen LogP contribution in [0.4, 0.5) is 34.1 Å². The van der Waals surface area contributed by atoms with Crippen LogP contribution in [-0.4, -0.2) is 0 Å². The highest BCUT2D eigenvalue weighted by atomic mass is 15.2. The summed E-state index contributed by atoms with van der Waals surface area (Å²) < 4.78 is 0. The second-order valence-corrected chi connectivity index (χ2v) is 24.5. The summed E-state index contributed by atoms with van der Waals surface area (Å²) in [6, 6.07) is 136. The molecule has 0 radical (unpaired) electrons. The summed E-state index contributed by atoms with van der Waals surface area (Å²) in [6.07, 6.45) is 0. The molecule has 0 amide bonds. The molecule has 18 rings (SSSR count). The number of hydrogen-bond donors (Lipinski definition) is 0. The van der Waals surface area contributed by atoms with Crippen molar-refractivity contribution in [3.05, 3.63) is 408 Å². The fraction of sp³-hybridized carbons (Fsp3) is 0.0222. The van der Waals surface area contributed by atoms with Gasteiger partial charge in [0.1, 0.15) is 0 Å². The Kier molecular flexibility index (Phi) is 12.4. The van der Waals surface area contributed by atoms with E-state index in [0.717, 1.165) is 50.5 Å². The van der Waals surface area contributed by atoms with Crippen molar-refractivity contribution in [3.63, 3.8) is 0 Å². The van der Waals surface area contributed by atoms with Gasteiger partial charge in [-0.2, -0.15) is 0 Å². The minimum absolute atomic E-state index is 0.558. The molecule has 0 saturated carbocycles. The Morgan fingerprint density at radius 2 is 0.533 bits per heavy atom. The van der Waals surface area contributed by atoms with Crippen LogP contribution >= 0.6 is 0 Å². The maximum atomic E-state index is 2.57. The standard InChI is InChI=1S/C90H60N2/c1-5-31-64(32-6-1)89(65-33-7-2-8-34-65)81-47-23-21-41-73(81)75-57-55-69(59-83(75)89)91(85-49-25-29-61-27-13-15-39-71(61)85)68-53-51-63(52-54-68)87-77-43-17-19-45-79(77)88(80-46-20-18-44-78(80)87)92(86-50-26-30-62-28-14-16-40-72(62)86)70-56-58-76-74-42-22-24-48-82(74)90(84(76)60-70,66-35-9-3-10-36-66)67-37-11-4-12-38-67/h1-60H. The lowest BCUT2D eigenvalue weighted by atomic mass is 9.67. The molecule has 16 aromatic carbocycles. The first-order valence-corrected chi connectivity index (χ1v) is 32.0. The first-order chi connectivity index (χ1) is 45.7. The minimum Gasteiger partial charge on any atom is -0.310 e. The second-order valence-electron chi connectivity index (χ2n) is 24.5. The number of fused-ring (bicyclic) bond motifs is 10. The van der Waals surface area contributed by atoms with Gasteiger partial charge in [-0.15, -0.1) is 0 Å². The van der Waals surface area contributed by atoms with Crippen LogP contribution in [0.2, 0.25) is 0 Å². The molecule has 0 spiro atoms. The molecule has 0 bridgehead atoms. The van der Waals surface area contributed by atoms with Crippen molar-refractivity contribution in [1.82, 2.24) is 0 Å². The second kappa shape index (κ2) is 21.4. The van der Waals surface area contributed by atoms with Crippen LogP contribution in [0.25, 0.3) is 76.5 Å². The van der Waals surface area contributed by atoms with Gasteiger partial charge in [-0.1, -0.05) is 315 Å². The van der Waals surface area contributed by atoms with Crippen molar-refractivity contribution in [2.45, 2.75) is 10.8 Å². The van der Waals surface area contributed by atoms with Gasteiger partial charge < -0.3 is 9.80 Å². The molecule has 0 aliphatic heterocycles. The molecule has 0 aromatic heterocycles. The maximum absolute atomic E-state index is 2.57. The Labute approximate surface area is 536 Å². The number of nitrogens with zero attached hydrogens (tertiary/aromatic N) is 2. The van der Waals surface area contributed by atoms with E-state index >= 15 is 0 Å². The van der Waals surface area contributed by atoms with E-state index in [9.17, 15) is 0 Å². The van der Waals surface area contributed by atoms with E-state index in [-0.39, 0.29) is 0 Å². The van der Waals surface area contributed by atoms with Crippen LogP contribution < -0.4 is 9.80 Å². The van der Waals surface area contributed by atoms with E-state index in [1.807, 2.05) is 0 Å². The van der Waals surface area contributed by atoms with Crippen molar-refractivity contribution in [2.75, 3.05) is 9.80 Å². The first kappa shape index (κ1) is 53.2. The molecule has 0 unspecified atom stereocenters. The van der Waals surface area contributed by atoms with Crippen molar-refractivity contribution < 1.29 is 0 Å². The molecule has 0 N–H and O–H groups in total. The third kappa shape index (κ3) is 7.94. The molecule has 0 fully saturated rings. The van der Waals surface area contributed by atoms with Crippen molar-refractivity contribution in [2.24, 2.45) is 0 Å². The minimum atomic E-state index is -0.584. The Hall–Kier alpha value is -11.8. The Morgan fingerprint density at radius 1 is 0.207 bits per heavy atom. The van der Waals surface area contributed by atoms with Crippen LogP contribution in [-0.2, 0) is 10.8 Å². The molecule has 430 valence electrons. The summed E-state index contributed by atoms with van der Waals surface area (Å²) >= 11 is 0. The van der Waals surface area contributed by atoms with Crippen LogP contribution in [0.1, 0.15) is 44.5 Å². The summed E-state index contributed by atoms with van der Waals surface area (Å²) in [5.41, 5.74) is 22.9. The molecular formula is C90H60N2. The fourth-order valence-corrected chi connectivity index (χ4v) is 16.2. The Bertz CT molecular complexity index is 5380. The third-order valence-corrected chi connectivity index (χ3v) is 20.0. The van der Waals surface area contributed by atoms with Crippen LogP contribution in [0, 0.1) is 0 Å². The zero-order valence-corrected chi connectivity index (χ0v) is 50.5. The van der Waals surface area contributed by atoms with Gasteiger partial charge in [0.2, 0.25) is 0 Å². The lowest BCUT2D eigenvalue weighted by Crippen LogP contribution is -2.28. The molecule has 92 heavy (non-hydrogen) atoms. The molecule has 2 heteroatoms. The molecule has 16 aromatic rings. The predicted molar refractivity (Wildman–Crippen MR) is 386 cm³/mol. The Morgan fingerprint density at radius 3 is 0.978 bits per heavy atom. The molecule has 0 saturated heterocycles. The number of benzene rings is 16. The highest BCUT2D eigenvalue weighted by molar-refractivity contribution is 6.23. The number of hydrogen-bond acceptors (Lipinski definition) is 2. The summed E-state index contributed by atoms with van der Waals surface area (Å²) in [6.45, 7) is 0. The van der Waals surface area contributed by atoms with E-state index in [4.69, 9.17) is 0 Å². The van der Waals surface area contributed by atoms with Crippen LogP contribution in [0.15, 0.2) is 364 Å². The van der Waals surface area contributed by atoms with Gasteiger partial charge in [0.05, 0.1) is 27.9 Å². The molecular weight excluding hydrogens is 1110 g/mol. The lowest BCUT2D eigenvalue weighted by Gasteiger charge is -2.35. The van der Waals surface area contributed by atoms with Crippen molar-refractivity contribution in [3.8, 4) is 33.4 Å². The average Bonchev–Trinajstić information content (AvgIpc) is 1.52. The van der Waals surface area contributed by atoms with E-state index in [2.05, 4.69) is 374 Å². The number of rotatable bonds is 11. The van der Waals surface area contributed by atoms with Gasteiger partial charge in [0.15, 0.2) is 0 Å². The van der Waals surface area contributed by atoms with Gasteiger partial charge >= 0.3 is 0 Å². The summed E-state index contributed by atoms with van der Waals surface area (Å²) in [5, 5.41) is 9.42. The topological polar surface area (TPSA) is 6.48 Å². The summed E-state index contributed by atoms with van der Waals surface area (Å²) in [5.74, 6) is 0. The van der Waals surface area contributed by atoms with Gasteiger partial charge in [-0.05, 0) is 148 Å². The Balaban J connectivity index is 0.845. The highest BCUT2D eigenvalue weighted by Crippen LogP contribution is 2.60. The third-order valence-electron chi connectivity index (χ3n) is 20.0. The predicted octanol–water partition coefficient (Wildman–Crippen LogP) is 23.6. The van der Waals surface area contributed by atoms with E-state index < -0.39 is 10.8 Å². The average molecular weight is 1170 g/mol. The lowest BCUT2D eigenvalue weighted by molar-refractivity contribution is 0.768. The zero-order valence-electron chi connectivity index (χ0n) is 50.5. The van der Waals surface area contributed by atoms with Gasteiger partial charge in [0.25, 0.3) is 0 Å².